The highest BCUT2D eigenvalue weighted by atomic mass is 16.6. The summed E-state index contributed by atoms with van der Waals surface area (Å²) in [4.78, 5) is 52.7. The van der Waals surface area contributed by atoms with Crippen LogP contribution < -0.4 is 16.4 Å². The smallest absolute Gasteiger partial charge is 0.408 e. The third-order valence-electron chi connectivity index (χ3n) is 5.15. The number of alkyl carbamates (subject to hydrolysis) is 1. The molecule has 0 saturated heterocycles. The summed E-state index contributed by atoms with van der Waals surface area (Å²) in [7, 11) is 0. The van der Waals surface area contributed by atoms with Gasteiger partial charge in [0.25, 0.3) is 0 Å². The molecule has 0 aliphatic rings. The Kier molecular flexibility index (Phi) is 11.0. The normalized spacial score (nSPS) is 13.9. The number of aromatic hydroxyl groups is 1. The van der Waals surface area contributed by atoms with E-state index in [9.17, 15) is 24.3 Å². The van der Waals surface area contributed by atoms with E-state index in [-0.39, 0.29) is 24.6 Å². The monoisotopic (exact) mass is 492 g/mol. The van der Waals surface area contributed by atoms with Gasteiger partial charge in [0.2, 0.25) is 17.7 Å². The molecule has 5 N–H and O–H groups in total. The van der Waals surface area contributed by atoms with E-state index in [1.165, 1.54) is 17.0 Å². The number of phenols is 1. The summed E-state index contributed by atoms with van der Waals surface area (Å²) in [5, 5.41) is 15.1. The molecule has 0 aliphatic carbocycles. The van der Waals surface area contributed by atoms with Crippen molar-refractivity contribution in [2.45, 2.75) is 97.5 Å². The van der Waals surface area contributed by atoms with Gasteiger partial charge in [0.1, 0.15) is 23.4 Å². The van der Waals surface area contributed by atoms with Gasteiger partial charge in [0.05, 0.1) is 0 Å². The van der Waals surface area contributed by atoms with Crippen LogP contribution in [0.4, 0.5) is 4.79 Å². The number of ether oxygens (including phenoxy) is 1. The molecule has 35 heavy (non-hydrogen) atoms. The summed E-state index contributed by atoms with van der Waals surface area (Å²) in [6, 6.07) is 3.22. The highest BCUT2D eigenvalue weighted by Gasteiger charge is 2.38. The van der Waals surface area contributed by atoms with Crippen LogP contribution in [0.3, 0.4) is 0 Å². The van der Waals surface area contributed by atoms with Crippen molar-refractivity contribution in [3.63, 3.8) is 0 Å². The number of benzene rings is 1. The Bertz CT molecular complexity index is 879. The Balaban J connectivity index is 3.50. The fourth-order valence-electron chi connectivity index (χ4n) is 3.43. The first-order chi connectivity index (χ1) is 16.2. The summed E-state index contributed by atoms with van der Waals surface area (Å²) in [5.41, 5.74) is 4.99. The molecule has 1 aromatic carbocycles. The van der Waals surface area contributed by atoms with Gasteiger partial charge in [-0.1, -0.05) is 19.1 Å². The SMILES string of the molecule is CCC(C)N(C(=O)C(CCC(N)=O)NC(=O)OC(C)(C)C)C(C(=O)NC(C)C)c1ccc(O)cc1. The minimum Gasteiger partial charge on any atom is -0.508 e. The maximum atomic E-state index is 13.9. The highest BCUT2D eigenvalue weighted by Crippen LogP contribution is 2.28. The van der Waals surface area contributed by atoms with Crippen molar-refractivity contribution in [2.24, 2.45) is 5.73 Å². The van der Waals surface area contributed by atoms with Crippen LogP contribution in [0.2, 0.25) is 0 Å². The summed E-state index contributed by atoms with van der Waals surface area (Å²) < 4.78 is 5.31. The van der Waals surface area contributed by atoms with Crippen LogP contribution in [0.15, 0.2) is 24.3 Å². The van der Waals surface area contributed by atoms with Crippen LogP contribution in [0.1, 0.15) is 79.3 Å². The van der Waals surface area contributed by atoms with Gasteiger partial charge < -0.3 is 31.1 Å². The lowest BCUT2D eigenvalue weighted by Gasteiger charge is -2.38. The largest absolute Gasteiger partial charge is 0.508 e. The number of nitrogens with zero attached hydrogens (tertiary/aromatic N) is 1. The van der Waals surface area contributed by atoms with E-state index >= 15 is 0 Å². The van der Waals surface area contributed by atoms with Gasteiger partial charge in [-0.3, -0.25) is 14.4 Å². The molecule has 0 saturated carbocycles. The van der Waals surface area contributed by atoms with Gasteiger partial charge in [-0.15, -0.1) is 0 Å². The standard InChI is InChI=1S/C25H40N4O6/c1-8-16(4)29(21(22(32)27-15(2)3)17-9-11-18(30)12-10-17)23(33)19(13-14-20(26)31)28-24(34)35-25(5,6)7/h9-12,15-16,19,21,30H,8,13-14H2,1-7H3,(H2,26,31)(H,27,32)(H,28,34). The van der Waals surface area contributed by atoms with E-state index in [0.29, 0.717) is 12.0 Å². The number of phenolic OH excluding ortho intramolecular Hbond substituents is 1. The topological polar surface area (TPSA) is 151 Å². The molecule has 0 fully saturated rings. The van der Waals surface area contributed by atoms with Crippen molar-refractivity contribution in [1.82, 2.24) is 15.5 Å². The first-order valence-electron chi connectivity index (χ1n) is 11.9. The molecule has 196 valence electrons. The summed E-state index contributed by atoms with van der Waals surface area (Å²) in [6.07, 6.45) is -0.515. The number of nitrogens with one attached hydrogen (secondary N) is 2. The minimum atomic E-state index is -1.15. The minimum absolute atomic E-state index is 0.0177. The van der Waals surface area contributed by atoms with E-state index in [4.69, 9.17) is 10.5 Å². The Hall–Kier alpha value is -3.30. The molecule has 4 amide bonds. The molecule has 0 heterocycles. The molecular formula is C25H40N4O6. The molecule has 0 aliphatic heterocycles. The van der Waals surface area contributed by atoms with Gasteiger partial charge in [0.15, 0.2) is 0 Å². The van der Waals surface area contributed by atoms with Crippen molar-refractivity contribution >= 4 is 23.8 Å². The number of nitrogens with two attached hydrogens (primary N) is 1. The second kappa shape index (κ2) is 13.0. The number of carbonyl (C=O) groups excluding carboxylic acids is 4. The Morgan fingerprint density at radius 2 is 1.63 bits per heavy atom. The number of hydrogen-bond acceptors (Lipinski definition) is 6. The van der Waals surface area contributed by atoms with Crippen LogP contribution in [0.5, 0.6) is 5.75 Å². The molecule has 3 unspecified atom stereocenters. The first kappa shape index (κ1) is 29.7. The van der Waals surface area contributed by atoms with Crippen molar-refractivity contribution in [3.8, 4) is 5.75 Å². The van der Waals surface area contributed by atoms with Crippen molar-refractivity contribution in [2.75, 3.05) is 0 Å². The maximum Gasteiger partial charge on any atom is 0.408 e. The fraction of sp³-hybridized carbons (Fsp3) is 0.600. The molecule has 3 atom stereocenters. The highest BCUT2D eigenvalue weighted by molar-refractivity contribution is 5.92. The lowest BCUT2D eigenvalue weighted by atomic mass is 9.98. The van der Waals surface area contributed by atoms with E-state index in [0.717, 1.165) is 0 Å². The lowest BCUT2D eigenvalue weighted by molar-refractivity contribution is -0.145. The third-order valence-corrected chi connectivity index (χ3v) is 5.15. The zero-order valence-electron chi connectivity index (χ0n) is 21.8. The van der Waals surface area contributed by atoms with E-state index in [1.54, 1.807) is 53.7 Å². The van der Waals surface area contributed by atoms with Crippen LogP contribution in [-0.2, 0) is 19.1 Å². The summed E-state index contributed by atoms with van der Waals surface area (Å²) >= 11 is 0. The first-order valence-corrected chi connectivity index (χ1v) is 11.9. The van der Waals surface area contributed by atoms with Crippen LogP contribution in [-0.4, -0.2) is 57.5 Å². The zero-order valence-corrected chi connectivity index (χ0v) is 21.8. The van der Waals surface area contributed by atoms with Crippen LogP contribution >= 0.6 is 0 Å². The average molecular weight is 493 g/mol. The molecule has 0 radical (unpaired) electrons. The maximum absolute atomic E-state index is 13.9. The number of amides is 4. The fourth-order valence-corrected chi connectivity index (χ4v) is 3.43. The average Bonchev–Trinajstić information content (AvgIpc) is 2.72. The second-order valence-electron chi connectivity index (χ2n) is 9.86. The number of primary amides is 1. The third kappa shape index (κ3) is 9.84. The number of rotatable bonds is 11. The predicted octanol–water partition coefficient (Wildman–Crippen LogP) is 2.74. The van der Waals surface area contributed by atoms with Crippen LogP contribution in [0, 0.1) is 0 Å². The number of carbonyl (C=O) groups is 4. The van der Waals surface area contributed by atoms with Gasteiger partial charge in [-0.2, -0.15) is 0 Å². The summed E-state index contributed by atoms with van der Waals surface area (Å²) in [5.74, 6) is -1.57. The van der Waals surface area contributed by atoms with Gasteiger partial charge in [0, 0.05) is 18.5 Å². The molecule has 0 aromatic heterocycles. The lowest BCUT2D eigenvalue weighted by Crippen LogP contribution is -2.56. The predicted molar refractivity (Wildman–Crippen MR) is 132 cm³/mol. The van der Waals surface area contributed by atoms with E-state index < -0.39 is 47.5 Å². The molecular weight excluding hydrogens is 452 g/mol. The van der Waals surface area contributed by atoms with Gasteiger partial charge in [-0.05, 0) is 72.1 Å². The van der Waals surface area contributed by atoms with Gasteiger partial charge >= 0.3 is 6.09 Å². The van der Waals surface area contributed by atoms with E-state index in [1.807, 2.05) is 6.92 Å². The molecule has 0 spiro atoms. The van der Waals surface area contributed by atoms with Crippen LogP contribution in [0.25, 0.3) is 0 Å². The molecule has 10 nitrogen and oxygen atoms in total. The Morgan fingerprint density at radius 3 is 2.09 bits per heavy atom. The Morgan fingerprint density at radius 1 is 1.06 bits per heavy atom. The van der Waals surface area contributed by atoms with Crippen molar-refractivity contribution in [3.05, 3.63) is 29.8 Å². The zero-order chi connectivity index (χ0) is 26.9. The molecule has 1 rings (SSSR count). The number of hydrogen-bond donors (Lipinski definition) is 4. The van der Waals surface area contributed by atoms with Crippen molar-refractivity contribution < 1.29 is 29.0 Å². The summed E-state index contributed by atoms with van der Waals surface area (Å²) in [6.45, 7) is 12.4. The Labute approximate surface area is 207 Å². The molecule has 10 heteroatoms. The van der Waals surface area contributed by atoms with Gasteiger partial charge in [-0.25, -0.2) is 4.79 Å². The van der Waals surface area contributed by atoms with E-state index in [2.05, 4.69) is 10.6 Å². The molecule has 1 aromatic rings. The second-order valence-corrected chi connectivity index (χ2v) is 9.86. The quantitative estimate of drug-likeness (QED) is 0.373. The van der Waals surface area contributed by atoms with Crippen molar-refractivity contribution in [1.29, 1.82) is 0 Å². The molecule has 0 bridgehead atoms.